The molecule has 0 saturated heterocycles. The minimum absolute atomic E-state index is 0.565. The monoisotopic (exact) mass is 538 g/mol. The highest BCUT2D eigenvalue weighted by Gasteiger charge is 2.24. The first kappa shape index (κ1) is 25.0. The molecule has 0 N–H and O–H groups in total. The lowest BCUT2D eigenvalue weighted by molar-refractivity contribution is 0.169. The second-order valence-corrected chi connectivity index (χ2v) is 10.2. The average molecular weight is 539 g/mol. The Bertz CT molecular complexity index is 1790. The van der Waals surface area contributed by atoms with Crippen LogP contribution in [0.4, 0.5) is 0 Å². The molecule has 4 heteroatoms. The lowest BCUT2D eigenvalue weighted by Crippen LogP contribution is -2.18. The molecule has 2 aliphatic heterocycles. The second kappa shape index (κ2) is 10.9. The predicted molar refractivity (Wildman–Crippen MR) is 165 cm³/mol. The fourth-order valence-electron chi connectivity index (χ4n) is 5.74. The van der Waals surface area contributed by atoms with Crippen molar-refractivity contribution < 1.29 is 18.9 Å². The minimum atomic E-state index is 0.565. The van der Waals surface area contributed by atoms with Crippen LogP contribution in [-0.2, 0) is 0 Å². The third-order valence-electron chi connectivity index (χ3n) is 7.62. The summed E-state index contributed by atoms with van der Waals surface area (Å²) in [4.78, 5) is 0. The standard InChI is InChI=1S/C20H14.C17H16O4/c1-3-11-17-15(7-1)9-5-13-19(17)20-14-6-10-16-8-2-4-12-18(16)20;1-11-5-6-14-17(21-10-8-19-14)15(11)12-3-2-4-13-16(12)20-9-7-18-13/h1-14H;2-6H,7-10H2,1H3. The highest BCUT2D eigenvalue weighted by Crippen LogP contribution is 2.48. The van der Waals surface area contributed by atoms with Crippen molar-refractivity contribution in [3.05, 3.63) is 121 Å². The van der Waals surface area contributed by atoms with Crippen molar-refractivity contribution in [1.29, 1.82) is 0 Å². The van der Waals surface area contributed by atoms with Gasteiger partial charge in [0, 0.05) is 11.1 Å². The van der Waals surface area contributed by atoms with Gasteiger partial charge in [-0.1, -0.05) is 103 Å². The summed E-state index contributed by atoms with van der Waals surface area (Å²) in [6.45, 7) is 4.37. The maximum Gasteiger partial charge on any atom is 0.169 e. The number of ether oxygens (including phenoxy) is 4. The van der Waals surface area contributed by atoms with E-state index in [0.29, 0.717) is 26.4 Å². The molecule has 2 aliphatic rings. The molecule has 6 aromatic rings. The Balaban J connectivity index is 0.000000135. The van der Waals surface area contributed by atoms with Crippen molar-refractivity contribution in [1.82, 2.24) is 0 Å². The molecule has 0 fully saturated rings. The van der Waals surface area contributed by atoms with Crippen LogP contribution in [0, 0.1) is 6.92 Å². The van der Waals surface area contributed by atoms with E-state index in [0.717, 1.165) is 39.7 Å². The summed E-state index contributed by atoms with van der Waals surface area (Å²) in [5.74, 6) is 3.15. The molecule has 0 radical (unpaired) electrons. The van der Waals surface area contributed by atoms with Gasteiger partial charge in [0.25, 0.3) is 0 Å². The Morgan fingerprint density at radius 1 is 0.415 bits per heavy atom. The number of rotatable bonds is 2. The molecule has 0 spiro atoms. The zero-order valence-electron chi connectivity index (χ0n) is 22.9. The minimum Gasteiger partial charge on any atom is -0.486 e. The summed E-state index contributed by atoms with van der Waals surface area (Å²) in [7, 11) is 0. The Morgan fingerprint density at radius 2 is 0.902 bits per heavy atom. The normalized spacial score (nSPS) is 13.4. The maximum atomic E-state index is 5.86. The van der Waals surface area contributed by atoms with Gasteiger partial charge in [-0.05, 0) is 57.3 Å². The van der Waals surface area contributed by atoms with E-state index in [-0.39, 0.29) is 0 Å². The van der Waals surface area contributed by atoms with Gasteiger partial charge in [-0.3, -0.25) is 0 Å². The van der Waals surface area contributed by atoms with Gasteiger partial charge in [0.1, 0.15) is 26.4 Å². The molecule has 0 aliphatic carbocycles. The van der Waals surface area contributed by atoms with E-state index in [1.165, 1.54) is 32.7 Å². The van der Waals surface area contributed by atoms with E-state index < -0.39 is 0 Å². The lowest BCUT2D eigenvalue weighted by Gasteiger charge is -2.25. The fraction of sp³-hybridized carbons (Fsp3) is 0.135. The van der Waals surface area contributed by atoms with E-state index in [1.54, 1.807) is 0 Å². The van der Waals surface area contributed by atoms with Gasteiger partial charge in [0.2, 0.25) is 0 Å². The molecule has 0 aromatic heterocycles. The van der Waals surface area contributed by atoms with Crippen LogP contribution in [0.25, 0.3) is 43.8 Å². The summed E-state index contributed by atoms with van der Waals surface area (Å²) in [5, 5.41) is 5.20. The lowest BCUT2D eigenvalue weighted by atomic mass is 9.94. The first-order valence-corrected chi connectivity index (χ1v) is 14.0. The van der Waals surface area contributed by atoms with Crippen LogP contribution >= 0.6 is 0 Å². The number of benzene rings is 6. The third kappa shape index (κ3) is 4.72. The zero-order chi connectivity index (χ0) is 27.6. The van der Waals surface area contributed by atoms with Gasteiger partial charge < -0.3 is 18.9 Å². The Labute approximate surface area is 239 Å². The number of fused-ring (bicyclic) bond motifs is 4. The average Bonchev–Trinajstić information content (AvgIpc) is 3.04. The van der Waals surface area contributed by atoms with Crippen molar-refractivity contribution in [2.75, 3.05) is 26.4 Å². The molecule has 0 bridgehead atoms. The molecule has 202 valence electrons. The van der Waals surface area contributed by atoms with Gasteiger partial charge in [0.15, 0.2) is 23.0 Å². The molecule has 6 aromatic carbocycles. The van der Waals surface area contributed by atoms with Crippen molar-refractivity contribution in [2.45, 2.75) is 6.92 Å². The first-order chi connectivity index (χ1) is 20.3. The third-order valence-corrected chi connectivity index (χ3v) is 7.62. The van der Waals surface area contributed by atoms with Crippen LogP contribution in [0.15, 0.2) is 115 Å². The predicted octanol–water partition coefficient (Wildman–Crippen LogP) is 8.86. The highest BCUT2D eigenvalue weighted by molar-refractivity contribution is 6.05. The zero-order valence-corrected chi connectivity index (χ0v) is 22.9. The topological polar surface area (TPSA) is 36.9 Å². The van der Waals surface area contributed by atoms with Gasteiger partial charge in [-0.15, -0.1) is 0 Å². The van der Waals surface area contributed by atoms with E-state index >= 15 is 0 Å². The van der Waals surface area contributed by atoms with Crippen LogP contribution in [0.2, 0.25) is 0 Å². The molecule has 0 atom stereocenters. The number of hydrogen-bond acceptors (Lipinski definition) is 4. The molecule has 2 heterocycles. The van der Waals surface area contributed by atoms with E-state index in [2.05, 4.69) is 91.9 Å². The van der Waals surface area contributed by atoms with Crippen LogP contribution < -0.4 is 18.9 Å². The van der Waals surface area contributed by atoms with Crippen LogP contribution in [0.3, 0.4) is 0 Å². The van der Waals surface area contributed by atoms with E-state index in [9.17, 15) is 0 Å². The van der Waals surface area contributed by atoms with Gasteiger partial charge in [0.05, 0.1) is 0 Å². The number of hydrogen-bond donors (Lipinski definition) is 0. The van der Waals surface area contributed by atoms with E-state index in [4.69, 9.17) is 18.9 Å². The quantitative estimate of drug-likeness (QED) is 0.221. The van der Waals surface area contributed by atoms with Crippen molar-refractivity contribution in [2.24, 2.45) is 0 Å². The van der Waals surface area contributed by atoms with Crippen molar-refractivity contribution >= 4 is 21.5 Å². The second-order valence-electron chi connectivity index (χ2n) is 10.2. The summed E-state index contributed by atoms with van der Waals surface area (Å²) in [6.07, 6.45) is 0. The number of para-hydroxylation sites is 1. The van der Waals surface area contributed by atoms with Crippen LogP contribution in [0.1, 0.15) is 5.56 Å². The van der Waals surface area contributed by atoms with Gasteiger partial charge >= 0.3 is 0 Å². The van der Waals surface area contributed by atoms with Crippen molar-refractivity contribution in [3.8, 4) is 45.3 Å². The molecule has 8 rings (SSSR count). The molecular formula is C37H30O4. The molecule has 0 saturated carbocycles. The Morgan fingerprint density at radius 3 is 1.56 bits per heavy atom. The molecule has 0 amide bonds. The van der Waals surface area contributed by atoms with Crippen LogP contribution in [-0.4, -0.2) is 26.4 Å². The fourth-order valence-corrected chi connectivity index (χ4v) is 5.74. The van der Waals surface area contributed by atoms with E-state index in [1.807, 2.05) is 30.3 Å². The summed E-state index contributed by atoms with van der Waals surface area (Å²) in [6, 6.07) is 40.1. The molecule has 4 nitrogen and oxygen atoms in total. The highest BCUT2D eigenvalue weighted by atomic mass is 16.6. The maximum absolute atomic E-state index is 5.86. The Kier molecular flexibility index (Phi) is 6.65. The van der Waals surface area contributed by atoms with Crippen LogP contribution in [0.5, 0.6) is 23.0 Å². The first-order valence-electron chi connectivity index (χ1n) is 14.0. The molecule has 0 unspecified atom stereocenters. The van der Waals surface area contributed by atoms with Gasteiger partial charge in [-0.25, -0.2) is 0 Å². The number of aryl methyl sites for hydroxylation is 1. The molecular weight excluding hydrogens is 508 g/mol. The summed E-state index contributed by atoms with van der Waals surface area (Å²) in [5.41, 5.74) is 5.75. The Hall–Kier alpha value is -4.96. The SMILES string of the molecule is Cc1ccc2c(c1-c1cccc3c1OCCO3)OCCO2.c1ccc2c(-c3cccc4ccccc34)cccc2c1. The smallest absolute Gasteiger partial charge is 0.169 e. The summed E-state index contributed by atoms with van der Waals surface area (Å²) < 4.78 is 23.1. The largest absolute Gasteiger partial charge is 0.486 e. The van der Waals surface area contributed by atoms with Gasteiger partial charge in [-0.2, -0.15) is 0 Å². The van der Waals surface area contributed by atoms with Crippen molar-refractivity contribution in [3.63, 3.8) is 0 Å². The summed E-state index contributed by atoms with van der Waals surface area (Å²) >= 11 is 0. The molecule has 41 heavy (non-hydrogen) atoms.